The van der Waals surface area contributed by atoms with Crippen molar-refractivity contribution in [2.24, 2.45) is 0 Å². The van der Waals surface area contributed by atoms with Crippen LogP contribution in [0.15, 0.2) is 12.1 Å². The minimum absolute atomic E-state index is 1.36. The fraction of sp³-hybridized carbons (Fsp3) is 0.375. The van der Waals surface area contributed by atoms with E-state index in [-0.39, 0.29) is 0 Å². The van der Waals surface area contributed by atoms with Crippen LogP contribution in [0.2, 0.25) is 0 Å². The second-order valence-corrected chi connectivity index (χ2v) is 3.85. The van der Waals surface area contributed by atoms with Gasteiger partial charge in [0, 0.05) is 26.0 Å². The molecule has 0 fully saturated rings. The fourth-order valence-corrected chi connectivity index (χ4v) is 1.99. The Kier molecular flexibility index (Phi) is 1.81. The molecular formula is C8H11S+. The first-order valence-corrected chi connectivity index (χ1v) is 3.88. The predicted octanol–water partition coefficient (Wildman–Crippen LogP) is 2.95. The Morgan fingerprint density at radius 3 is 1.78 bits per heavy atom. The van der Waals surface area contributed by atoms with Crippen molar-refractivity contribution in [1.82, 2.24) is 0 Å². The number of hydrogen-bond donors (Lipinski definition) is 0. The quantitative estimate of drug-likeness (QED) is 0.485. The van der Waals surface area contributed by atoms with Crippen molar-refractivity contribution < 1.29 is 0 Å². The van der Waals surface area contributed by atoms with E-state index in [1.807, 2.05) is 11.3 Å². The van der Waals surface area contributed by atoms with Gasteiger partial charge in [-0.3, -0.25) is 0 Å². The minimum atomic E-state index is 1.36. The average Bonchev–Trinajstić information content (AvgIpc) is 1.59. The Morgan fingerprint density at radius 2 is 1.44 bits per heavy atom. The Hall–Kier alpha value is -0.430. The molecule has 0 atom stereocenters. The van der Waals surface area contributed by atoms with Crippen LogP contribution in [-0.2, 0) is 0 Å². The van der Waals surface area contributed by atoms with Crippen molar-refractivity contribution >= 4 is 11.3 Å². The molecule has 1 aromatic rings. The van der Waals surface area contributed by atoms with Crippen molar-refractivity contribution in [3.8, 4) is 0 Å². The van der Waals surface area contributed by atoms with Gasteiger partial charge < -0.3 is 0 Å². The molecule has 1 heterocycles. The van der Waals surface area contributed by atoms with Gasteiger partial charge >= 0.3 is 0 Å². The summed E-state index contributed by atoms with van der Waals surface area (Å²) >= 11 is 1.85. The highest BCUT2D eigenvalue weighted by molar-refractivity contribution is 7.11. The third-order valence-electron chi connectivity index (χ3n) is 1.18. The lowest BCUT2D eigenvalue weighted by molar-refractivity contribution is 1.42. The van der Waals surface area contributed by atoms with Crippen LogP contribution in [0.25, 0.3) is 0 Å². The lowest BCUT2D eigenvalue weighted by Gasteiger charge is -1.84. The Bertz CT molecular complexity index is 165. The van der Waals surface area contributed by atoms with E-state index in [0.717, 1.165) is 0 Å². The van der Waals surface area contributed by atoms with E-state index < -0.39 is 0 Å². The molecule has 0 saturated carbocycles. The van der Waals surface area contributed by atoms with Crippen molar-refractivity contribution in [3.63, 3.8) is 0 Å². The van der Waals surface area contributed by atoms with E-state index in [2.05, 4.69) is 32.9 Å². The molecule has 0 saturated heterocycles. The molecule has 0 amide bonds. The molecule has 0 aromatic carbocycles. The molecule has 0 aliphatic heterocycles. The highest BCUT2D eigenvalue weighted by atomic mass is 32.1. The summed E-state index contributed by atoms with van der Waals surface area (Å²) < 4.78 is 0. The summed E-state index contributed by atoms with van der Waals surface area (Å²) in [7, 11) is 0. The maximum absolute atomic E-state index is 2.21. The molecule has 0 N–H and O–H groups in total. The highest BCUT2D eigenvalue weighted by Crippen LogP contribution is 2.13. The van der Waals surface area contributed by atoms with Gasteiger partial charge in [0.1, 0.15) is 0 Å². The first-order valence-electron chi connectivity index (χ1n) is 3.06. The summed E-state index contributed by atoms with van der Waals surface area (Å²) in [5.74, 6) is 0. The predicted molar refractivity (Wildman–Crippen MR) is 42.9 cm³/mol. The molecule has 9 heavy (non-hydrogen) atoms. The second-order valence-electron chi connectivity index (χ2n) is 2.36. The summed E-state index contributed by atoms with van der Waals surface area (Å²) in [5.41, 5.74) is 1.36. The first-order chi connectivity index (χ1) is 4.18. The molecule has 0 aliphatic carbocycles. The van der Waals surface area contributed by atoms with Gasteiger partial charge in [-0.05, 0) is 12.5 Å². The van der Waals surface area contributed by atoms with Gasteiger partial charge in [0.2, 0.25) is 21.1 Å². The Labute approximate surface area is 60.2 Å². The second kappa shape index (κ2) is 2.44. The van der Waals surface area contributed by atoms with Gasteiger partial charge in [-0.15, -0.1) is 0 Å². The maximum atomic E-state index is 2.21. The van der Waals surface area contributed by atoms with Crippen LogP contribution < -0.4 is 0 Å². The van der Waals surface area contributed by atoms with Crippen molar-refractivity contribution in [1.29, 1.82) is 0 Å². The fourth-order valence-electron chi connectivity index (χ4n) is 0.996. The molecule has 48 valence electrons. The number of hydrogen-bond acceptors (Lipinski definition) is 0. The topological polar surface area (TPSA) is 0 Å². The summed E-state index contributed by atoms with van der Waals surface area (Å²) in [5, 5.41) is 0. The molecule has 1 heteroatoms. The largest absolute Gasteiger partial charge is 0.217 e. The maximum Gasteiger partial charge on any atom is 0.217 e. The lowest BCUT2D eigenvalue weighted by Crippen LogP contribution is -1.73. The Morgan fingerprint density at radius 1 is 1.00 bits per heavy atom. The molecule has 1 aromatic heterocycles. The number of rotatable bonds is 0. The third kappa shape index (κ3) is 1.75. The van der Waals surface area contributed by atoms with Gasteiger partial charge in [-0.2, -0.15) is 0 Å². The van der Waals surface area contributed by atoms with Crippen LogP contribution >= 0.6 is 11.3 Å². The Balaban J connectivity index is 3.17. The molecule has 0 bridgehead atoms. The van der Waals surface area contributed by atoms with E-state index in [1.165, 1.54) is 15.3 Å². The van der Waals surface area contributed by atoms with Gasteiger partial charge in [-0.1, -0.05) is 0 Å². The third-order valence-corrected chi connectivity index (χ3v) is 2.06. The zero-order valence-electron chi connectivity index (χ0n) is 6.06. The van der Waals surface area contributed by atoms with E-state index in [1.54, 1.807) is 0 Å². The SMILES string of the molecule is Cc1cc(C)[s+]c(C)c1. The highest BCUT2D eigenvalue weighted by Gasteiger charge is 2.02. The van der Waals surface area contributed by atoms with Crippen LogP contribution in [0.1, 0.15) is 15.3 Å². The molecule has 0 unspecified atom stereocenters. The molecule has 1 rings (SSSR count). The molecule has 0 spiro atoms. The summed E-state index contributed by atoms with van der Waals surface area (Å²) in [4.78, 5) is 2.79. The van der Waals surface area contributed by atoms with Gasteiger partial charge in [-0.25, -0.2) is 0 Å². The molecule has 0 radical (unpaired) electrons. The van der Waals surface area contributed by atoms with E-state index >= 15 is 0 Å². The standard InChI is InChI=1S/C8H11S/c1-6-4-7(2)9-8(3)5-6/h4-5H,1-3H3/q+1. The van der Waals surface area contributed by atoms with Gasteiger partial charge in [0.05, 0.1) is 0 Å². The van der Waals surface area contributed by atoms with Crippen LogP contribution in [-0.4, -0.2) is 0 Å². The summed E-state index contributed by atoms with van der Waals surface area (Å²) in [6.45, 7) is 6.42. The van der Waals surface area contributed by atoms with E-state index in [4.69, 9.17) is 0 Å². The molecule has 0 nitrogen and oxygen atoms in total. The van der Waals surface area contributed by atoms with Crippen LogP contribution in [0.3, 0.4) is 0 Å². The lowest BCUT2D eigenvalue weighted by atomic mass is 10.3. The van der Waals surface area contributed by atoms with Crippen molar-refractivity contribution in [3.05, 3.63) is 27.5 Å². The van der Waals surface area contributed by atoms with Crippen LogP contribution in [0.4, 0.5) is 0 Å². The zero-order chi connectivity index (χ0) is 6.85. The molecule has 0 aliphatic rings. The van der Waals surface area contributed by atoms with Crippen LogP contribution in [0.5, 0.6) is 0 Å². The summed E-state index contributed by atoms with van der Waals surface area (Å²) in [6.07, 6.45) is 0. The average molecular weight is 139 g/mol. The van der Waals surface area contributed by atoms with Crippen LogP contribution in [0, 0.1) is 20.8 Å². The van der Waals surface area contributed by atoms with Gasteiger partial charge in [0.15, 0.2) is 0 Å². The van der Waals surface area contributed by atoms with E-state index in [0.29, 0.717) is 0 Å². The molecular weight excluding hydrogens is 128 g/mol. The van der Waals surface area contributed by atoms with Gasteiger partial charge in [0.25, 0.3) is 0 Å². The normalized spacial score (nSPS) is 9.67. The smallest absolute Gasteiger partial charge is 0.0407 e. The first kappa shape index (κ1) is 6.69. The summed E-state index contributed by atoms with van der Waals surface area (Å²) in [6, 6.07) is 4.41. The van der Waals surface area contributed by atoms with Crippen molar-refractivity contribution in [2.45, 2.75) is 20.8 Å². The van der Waals surface area contributed by atoms with E-state index in [9.17, 15) is 0 Å². The van der Waals surface area contributed by atoms with Crippen molar-refractivity contribution in [2.75, 3.05) is 0 Å². The zero-order valence-corrected chi connectivity index (χ0v) is 6.88. The minimum Gasteiger partial charge on any atom is -0.0407 e. The number of aryl methyl sites for hydroxylation is 3. The monoisotopic (exact) mass is 139 g/mol.